The van der Waals surface area contributed by atoms with Crippen molar-refractivity contribution in [2.24, 2.45) is 0 Å². The van der Waals surface area contributed by atoms with Gasteiger partial charge in [0.15, 0.2) is 5.82 Å². The highest BCUT2D eigenvalue weighted by atomic mass is 19.1. The number of nitrogens with one attached hydrogen (secondary N) is 3. The number of benzene rings is 4. The third kappa shape index (κ3) is 4.27. The molecule has 0 aliphatic heterocycles. The van der Waals surface area contributed by atoms with Gasteiger partial charge in [-0.1, -0.05) is 48.5 Å². The van der Waals surface area contributed by atoms with Crippen molar-refractivity contribution < 1.29 is 9.18 Å². The number of amides is 1. The molecule has 0 aliphatic carbocycles. The van der Waals surface area contributed by atoms with Crippen LogP contribution in [0.1, 0.15) is 10.4 Å². The molecule has 0 radical (unpaired) electrons. The number of carbonyl (C=O) groups is 1. The van der Waals surface area contributed by atoms with E-state index in [4.69, 9.17) is 4.98 Å². The van der Waals surface area contributed by atoms with Crippen molar-refractivity contribution in [1.29, 1.82) is 0 Å². The van der Waals surface area contributed by atoms with Gasteiger partial charge in [-0.15, -0.1) is 0 Å². The minimum atomic E-state index is -0.281. The number of H-pyrrole nitrogens is 2. The van der Waals surface area contributed by atoms with Gasteiger partial charge in [0, 0.05) is 28.3 Å². The van der Waals surface area contributed by atoms with Gasteiger partial charge in [-0.25, -0.2) is 9.37 Å². The van der Waals surface area contributed by atoms with Crippen molar-refractivity contribution in [3.63, 3.8) is 0 Å². The summed E-state index contributed by atoms with van der Waals surface area (Å²) < 4.78 is 13.5. The van der Waals surface area contributed by atoms with Crippen LogP contribution in [0.5, 0.6) is 0 Å². The minimum absolute atomic E-state index is 0.197. The lowest BCUT2D eigenvalue weighted by molar-refractivity contribution is 0.102. The third-order valence-electron chi connectivity index (χ3n) is 6.82. The Hall–Kier alpha value is -5.63. The summed E-state index contributed by atoms with van der Waals surface area (Å²) in [5, 5.41) is 11.5. The minimum Gasteiger partial charge on any atom is -0.337 e. The quantitative estimate of drug-likeness (QED) is 0.221. The van der Waals surface area contributed by atoms with E-state index >= 15 is 0 Å². The number of aromatic amines is 2. The van der Waals surface area contributed by atoms with E-state index in [0.29, 0.717) is 22.8 Å². The number of halogens is 1. The number of aromatic nitrogens is 5. The van der Waals surface area contributed by atoms with Gasteiger partial charge in [-0.2, -0.15) is 5.10 Å². The van der Waals surface area contributed by atoms with Gasteiger partial charge in [0.25, 0.3) is 5.91 Å². The molecule has 1 amide bonds. The molecule has 7 rings (SSSR count). The second-order valence-electron chi connectivity index (χ2n) is 9.41. The number of carbonyl (C=O) groups excluding carboxylic acids is 1. The highest BCUT2D eigenvalue weighted by Gasteiger charge is 2.16. The van der Waals surface area contributed by atoms with Gasteiger partial charge in [0.05, 0.1) is 28.4 Å². The lowest BCUT2D eigenvalue weighted by Gasteiger charge is -2.08. The van der Waals surface area contributed by atoms with E-state index in [-0.39, 0.29) is 11.7 Å². The summed E-state index contributed by atoms with van der Waals surface area (Å²) in [4.78, 5) is 25.3. The fourth-order valence-corrected chi connectivity index (χ4v) is 4.84. The number of fused-ring (bicyclic) bond motifs is 2. The molecule has 4 aromatic carbocycles. The third-order valence-corrected chi connectivity index (χ3v) is 6.82. The van der Waals surface area contributed by atoms with E-state index in [0.717, 1.165) is 44.2 Å². The van der Waals surface area contributed by atoms with Gasteiger partial charge in [0.1, 0.15) is 11.5 Å². The highest BCUT2D eigenvalue weighted by Crippen LogP contribution is 2.33. The Morgan fingerprint density at radius 3 is 2.45 bits per heavy atom. The molecule has 40 heavy (non-hydrogen) atoms. The summed E-state index contributed by atoms with van der Waals surface area (Å²) in [5.74, 6) is 0.142. The Morgan fingerprint density at radius 2 is 1.60 bits per heavy atom. The van der Waals surface area contributed by atoms with Gasteiger partial charge in [-0.05, 0) is 59.7 Å². The first-order valence-electron chi connectivity index (χ1n) is 12.7. The highest BCUT2D eigenvalue weighted by molar-refractivity contribution is 6.04. The summed E-state index contributed by atoms with van der Waals surface area (Å²) in [6.07, 6.45) is 3.38. The van der Waals surface area contributed by atoms with Crippen molar-refractivity contribution in [2.75, 3.05) is 5.32 Å². The maximum absolute atomic E-state index is 13.5. The van der Waals surface area contributed by atoms with Crippen molar-refractivity contribution in [3.8, 4) is 33.8 Å². The van der Waals surface area contributed by atoms with Crippen LogP contribution in [0.25, 0.3) is 55.7 Å². The molecule has 7 nitrogen and oxygen atoms in total. The fourth-order valence-electron chi connectivity index (χ4n) is 4.84. The number of para-hydroxylation sites is 1. The summed E-state index contributed by atoms with van der Waals surface area (Å²) in [6.45, 7) is 0. The smallest absolute Gasteiger partial charge is 0.255 e. The molecule has 8 heteroatoms. The molecule has 0 saturated carbocycles. The number of hydrogen-bond donors (Lipinski definition) is 3. The lowest BCUT2D eigenvalue weighted by atomic mass is 10.0. The SMILES string of the molecule is O=C(Nc1cncc(-c2ccc3[nH]nc(-c4nc5c(-c6ccc(F)cc6)cccc5[nH]4)c3c2)c1)c1ccccc1. The predicted molar refractivity (Wildman–Crippen MR) is 154 cm³/mol. The van der Waals surface area contributed by atoms with Crippen LogP contribution in [0.3, 0.4) is 0 Å². The van der Waals surface area contributed by atoms with Gasteiger partial charge >= 0.3 is 0 Å². The number of rotatable bonds is 5. The fraction of sp³-hybridized carbons (Fsp3) is 0. The summed E-state index contributed by atoms with van der Waals surface area (Å²) >= 11 is 0. The zero-order valence-corrected chi connectivity index (χ0v) is 21.0. The van der Waals surface area contributed by atoms with E-state index in [1.807, 2.05) is 60.7 Å². The van der Waals surface area contributed by atoms with E-state index < -0.39 is 0 Å². The van der Waals surface area contributed by atoms with Gasteiger partial charge in [0.2, 0.25) is 0 Å². The Morgan fingerprint density at radius 1 is 0.775 bits per heavy atom. The average molecular weight is 525 g/mol. The normalized spacial score (nSPS) is 11.2. The Kier molecular flexibility index (Phi) is 5.63. The van der Waals surface area contributed by atoms with E-state index in [9.17, 15) is 9.18 Å². The molecule has 0 bridgehead atoms. The lowest BCUT2D eigenvalue weighted by Crippen LogP contribution is -2.11. The number of hydrogen-bond acceptors (Lipinski definition) is 4. The molecule has 0 saturated heterocycles. The number of anilines is 1. The van der Waals surface area contributed by atoms with Crippen LogP contribution in [0.15, 0.2) is 109 Å². The van der Waals surface area contributed by atoms with Crippen molar-refractivity contribution in [1.82, 2.24) is 25.1 Å². The topological polar surface area (TPSA) is 99.3 Å². The molecule has 0 unspecified atom stereocenters. The molecule has 0 atom stereocenters. The first-order valence-corrected chi connectivity index (χ1v) is 12.7. The zero-order valence-electron chi connectivity index (χ0n) is 21.0. The van der Waals surface area contributed by atoms with E-state index in [2.05, 4.69) is 25.5 Å². The number of nitrogens with zero attached hydrogens (tertiary/aromatic N) is 3. The van der Waals surface area contributed by atoms with Crippen LogP contribution in [0, 0.1) is 5.82 Å². The summed E-state index contributed by atoms with van der Waals surface area (Å²) in [5.41, 5.74) is 7.91. The molecule has 0 aliphatic rings. The maximum atomic E-state index is 13.5. The first-order chi connectivity index (χ1) is 19.6. The van der Waals surface area contributed by atoms with Crippen LogP contribution in [-0.2, 0) is 0 Å². The zero-order chi connectivity index (χ0) is 27.1. The molecular formula is C32H21FN6O. The number of pyridine rings is 1. The molecule has 192 valence electrons. The van der Waals surface area contributed by atoms with Crippen LogP contribution >= 0.6 is 0 Å². The van der Waals surface area contributed by atoms with Crippen LogP contribution in [-0.4, -0.2) is 31.1 Å². The monoisotopic (exact) mass is 524 g/mol. The largest absolute Gasteiger partial charge is 0.337 e. The molecule has 7 aromatic rings. The van der Waals surface area contributed by atoms with Gasteiger partial charge in [-0.3, -0.25) is 14.9 Å². The Bertz CT molecular complexity index is 2010. The standard InChI is InChI=1S/C32H21FN6O/c33-23-12-9-19(10-13-23)25-7-4-8-28-29(25)37-31(36-28)30-26-16-21(11-14-27(26)38-39-30)22-15-24(18-34-17-22)35-32(40)20-5-2-1-3-6-20/h1-18H,(H,35,40)(H,36,37)(H,38,39). The molecule has 0 fully saturated rings. The van der Waals surface area contributed by atoms with Crippen LogP contribution in [0.2, 0.25) is 0 Å². The average Bonchev–Trinajstić information content (AvgIpc) is 3.62. The molecule has 3 aromatic heterocycles. The second kappa shape index (κ2) is 9.59. The Balaban J connectivity index is 1.25. The maximum Gasteiger partial charge on any atom is 0.255 e. The molecule has 3 N–H and O–H groups in total. The first kappa shape index (κ1) is 23.5. The van der Waals surface area contributed by atoms with Gasteiger partial charge < -0.3 is 10.3 Å². The van der Waals surface area contributed by atoms with Crippen molar-refractivity contribution >= 4 is 33.5 Å². The van der Waals surface area contributed by atoms with E-state index in [1.54, 1.807) is 36.7 Å². The predicted octanol–water partition coefficient (Wildman–Crippen LogP) is 7.23. The summed E-state index contributed by atoms with van der Waals surface area (Å²) in [6, 6.07) is 29.2. The number of imidazole rings is 1. The van der Waals surface area contributed by atoms with Crippen molar-refractivity contribution in [3.05, 3.63) is 121 Å². The van der Waals surface area contributed by atoms with Crippen molar-refractivity contribution in [2.45, 2.75) is 0 Å². The molecule has 3 heterocycles. The van der Waals surface area contributed by atoms with Crippen LogP contribution < -0.4 is 5.32 Å². The van der Waals surface area contributed by atoms with E-state index in [1.165, 1.54) is 12.1 Å². The summed E-state index contributed by atoms with van der Waals surface area (Å²) in [7, 11) is 0. The molecule has 0 spiro atoms. The second-order valence-corrected chi connectivity index (χ2v) is 9.41. The Labute approximate surface area is 227 Å². The van der Waals surface area contributed by atoms with Crippen LogP contribution in [0.4, 0.5) is 10.1 Å². The molecular weight excluding hydrogens is 503 g/mol.